The zero-order valence-electron chi connectivity index (χ0n) is 11.2. The van der Waals surface area contributed by atoms with E-state index in [-0.39, 0.29) is 11.7 Å². The molecule has 1 saturated heterocycles. The van der Waals surface area contributed by atoms with Crippen LogP contribution in [0.3, 0.4) is 0 Å². The van der Waals surface area contributed by atoms with Crippen molar-refractivity contribution in [3.63, 3.8) is 0 Å². The van der Waals surface area contributed by atoms with Crippen LogP contribution in [0, 0.1) is 11.6 Å². The predicted octanol–water partition coefficient (Wildman–Crippen LogP) is 2.26. The number of pyridine rings is 1. The fraction of sp³-hybridized carbons (Fsp3) is 0.615. The van der Waals surface area contributed by atoms with E-state index in [1.54, 1.807) is 0 Å². The molecule has 1 atom stereocenters. The Morgan fingerprint density at radius 3 is 2.89 bits per heavy atom. The van der Waals surface area contributed by atoms with Crippen molar-refractivity contribution in [3.05, 3.63) is 17.7 Å². The lowest BCUT2D eigenvalue weighted by atomic mass is 10.1. The van der Waals surface area contributed by atoms with Gasteiger partial charge in [-0.1, -0.05) is 0 Å². The Bertz CT molecular complexity index is 442. The Hall–Kier alpha value is -1.43. The van der Waals surface area contributed by atoms with Crippen LogP contribution in [0.15, 0.2) is 6.07 Å². The Kier molecular flexibility index (Phi) is 4.52. The summed E-state index contributed by atoms with van der Waals surface area (Å²) >= 11 is 0. The topological polar surface area (TPSA) is 37.4 Å². The van der Waals surface area contributed by atoms with Crippen molar-refractivity contribution in [3.8, 4) is 5.88 Å². The van der Waals surface area contributed by atoms with Crippen LogP contribution in [-0.4, -0.2) is 43.2 Å². The summed E-state index contributed by atoms with van der Waals surface area (Å²) in [4.78, 5) is 6.05. The van der Waals surface area contributed by atoms with Gasteiger partial charge in [-0.2, -0.15) is 4.98 Å². The summed E-state index contributed by atoms with van der Waals surface area (Å²) in [6.45, 7) is 1.48. The summed E-state index contributed by atoms with van der Waals surface area (Å²) in [5, 5.41) is 2.56. The number of aromatic nitrogens is 1. The van der Waals surface area contributed by atoms with Gasteiger partial charge in [-0.3, -0.25) is 0 Å². The van der Waals surface area contributed by atoms with Gasteiger partial charge in [-0.15, -0.1) is 0 Å². The summed E-state index contributed by atoms with van der Waals surface area (Å²) in [5.41, 5.74) is 0. The van der Waals surface area contributed by atoms with Crippen LogP contribution in [0.5, 0.6) is 5.88 Å². The second kappa shape index (κ2) is 6.14. The highest BCUT2D eigenvalue weighted by molar-refractivity contribution is 5.38. The van der Waals surface area contributed by atoms with Gasteiger partial charge in [0.1, 0.15) is 0 Å². The Morgan fingerprint density at radius 2 is 2.26 bits per heavy atom. The van der Waals surface area contributed by atoms with Crippen molar-refractivity contribution in [2.75, 3.05) is 32.6 Å². The number of likely N-dealkylation sites (tertiary alicyclic amines) is 1. The average molecular weight is 271 g/mol. The first kappa shape index (κ1) is 14.0. The highest BCUT2D eigenvalue weighted by Crippen LogP contribution is 2.22. The smallest absolute Gasteiger partial charge is 0.252 e. The molecular formula is C13H19F2N3O. The first-order chi connectivity index (χ1) is 9.11. The molecular weight excluding hydrogens is 252 g/mol. The molecule has 0 bridgehead atoms. The average Bonchev–Trinajstić information content (AvgIpc) is 2.78. The van der Waals surface area contributed by atoms with E-state index < -0.39 is 11.6 Å². The number of rotatable bonds is 5. The maximum atomic E-state index is 13.5. The van der Waals surface area contributed by atoms with Gasteiger partial charge < -0.3 is 15.0 Å². The third-order valence-electron chi connectivity index (χ3n) is 3.50. The molecule has 1 aromatic rings. The molecule has 2 rings (SSSR count). The molecule has 1 aliphatic rings. The first-order valence-corrected chi connectivity index (χ1v) is 6.48. The Balaban J connectivity index is 1.92. The van der Waals surface area contributed by atoms with E-state index in [4.69, 9.17) is 4.74 Å². The number of anilines is 1. The fourth-order valence-electron chi connectivity index (χ4n) is 2.36. The van der Waals surface area contributed by atoms with E-state index in [1.807, 2.05) is 0 Å². The minimum Gasteiger partial charge on any atom is -0.475 e. The van der Waals surface area contributed by atoms with Crippen molar-refractivity contribution in [1.29, 1.82) is 0 Å². The van der Waals surface area contributed by atoms with Crippen molar-refractivity contribution in [1.82, 2.24) is 9.88 Å². The molecule has 1 N–H and O–H groups in total. The molecule has 19 heavy (non-hydrogen) atoms. The van der Waals surface area contributed by atoms with E-state index in [9.17, 15) is 8.78 Å². The second-order valence-electron chi connectivity index (χ2n) is 4.77. The highest BCUT2D eigenvalue weighted by Gasteiger charge is 2.21. The monoisotopic (exact) mass is 271 g/mol. The molecule has 106 valence electrons. The van der Waals surface area contributed by atoms with E-state index >= 15 is 0 Å². The van der Waals surface area contributed by atoms with Crippen LogP contribution >= 0.6 is 0 Å². The third-order valence-corrected chi connectivity index (χ3v) is 3.50. The van der Waals surface area contributed by atoms with Crippen molar-refractivity contribution < 1.29 is 13.5 Å². The van der Waals surface area contributed by atoms with Crippen molar-refractivity contribution >= 4 is 5.82 Å². The number of hydrogen-bond donors (Lipinski definition) is 1. The van der Waals surface area contributed by atoms with E-state index in [0.29, 0.717) is 12.6 Å². The summed E-state index contributed by atoms with van der Waals surface area (Å²) in [6, 6.07) is 1.27. The Morgan fingerprint density at radius 1 is 1.47 bits per heavy atom. The van der Waals surface area contributed by atoms with Crippen LogP contribution in [0.1, 0.15) is 19.3 Å². The van der Waals surface area contributed by atoms with Gasteiger partial charge in [-0.25, -0.2) is 8.78 Å². The van der Waals surface area contributed by atoms with Gasteiger partial charge in [0, 0.05) is 19.2 Å². The van der Waals surface area contributed by atoms with Crippen LogP contribution in [-0.2, 0) is 0 Å². The van der Waals surface area contributed by atoms with E-state index in [0.717, 1.165) is 25.5 Å². The lowest BCUT2D eigenvalue weighted by Gasteiger charge is -2.19. The van der Waals surface area contributed by atoms with Crippen LogP contribution in [0.25, 0.3) is 0 Å². The zero-order chi connectivity index (χ0) is 13.8. The molecule has 1 aromatic heterocycles. The van der Waals surface area contributed by atoms with Gasteiger partial charge in [0.15, 0.2) is 17.5 Å². The van der Waals surface area contributed by atoms with Crippen LogP contribution in [0.4, 0.5) is 14.6 Å². The molecule has 0 aromatic carbocycles. The number of nitrogens with zero attached hydrogens (tertiary/aromatic N) is 2. The maximum Gasteiger partial charge on any atom is 0.252 e. The molecule has 4 nitrogen and oxygen atoms in total. The third kappa shape index (κ3) is 3.32. The molecule has 1 aliphatic heterocycles. The van der Waals surface area contributed by atoms with Gasteiger partial charge >= 0.3 is 0 Å². The lowest BCUT2D eigenvalue weighted by Crippen LogP contribution is -2.26. The minimum atomic E-state index is -0.767. The minimum absolute atomic E-state index is 0.00520. The highest BCUT2D eigenvalue weighted by atomic mass is 19.1. The van der Waals surface area contributed by atoms with Crippen molar-refractivity contribution in [2.24, 2.45) is 0 Å². The SMILES string of the molecule is CNc1nc(OCCC2CCCN2C)c(F)cc1F. The molecule has 2 heterocycles. The number of nitrogens with one attached hydrogen (secondary N) is 1. The number of ether oxygens (including phenoxy) is 1. The quantitative estimate of drug-likeness (QED) is 0.891. The summed E-state index contributed by atoms with van der Waals surface area (Å²) < 4.78 is 32.0. The number of halogens is 2. The molecule has 6 heteroatoms. The second-order valence-corrected chi connectivity index (χ2v) is 4.77. The summed E-state index contributed by atoms with van der Waals surface area (Å²) in [6.07, 6.45) is 3.15. The standard InChI is InChI=1S/C13H19F2N3O/c1-16-12-10(14)8-11(15)13(17-12)19-7-5-9-4-3-6-18(9)2/h8-9H,3-7H2,1-2H3,(H,16,17). The summed E-state index contributed by atoms with van der Waals surface area (Å²) in [5.74, 6) is -1.64. The first-order valence-electron chi connectivity index (χ1n) is 6.48. The van der Waals surface area contributed by atoms with Crippen LogP contribution in [0.2, 0.25) is 0 Å². The molecule has 0 amide bonds. The van der Waals surface area contributed by atoms with Gasteiger partial charge in [0.2, 0.25) is 0 Å². The zero-order valence-corrected chi connectivity index (χ0v) is 11.2. The molecule has 0 radical (unpaired) electrons. The van der Waals surface area contributed by atoms with E-state index in [2.05, 4.69) is 22.2 Å². The van der Waals surface area contributed by atoms with Crippen LogP contribution < -0.4 is 10.1 Å². The van der Waals surface area contributed by atoms with Gasteiger partial charge in [0.05, 0.1) is 6.61 Å². The largest absolute Gasteiger partial charge is 0.475 e. The Labute approximate surface area is 111 Å². The molecule has 0 spiro atoms. The molecule has 0 saturated carbocycles. The maximum absolute atomic E-state index is 13.5. The fourth-order valence-corrected chi connectivity index (χ4v) is 2.36. The van der Waals surface area contributed by atoms with Gasteiger partial charge in [-0.05, 0) is 32.9 Å². The van der Waals surface area contributed by atoms with Crippen molar-refractivity contribution in [2.45, 2.75) is 25.3 Å². The molecule has 0 aliphatic carbocycles. The van der Waals surface area contributed by atoms with Gasteiger partial charge in [0.25, 0.3) is 5.88 Å². The lowest BCUT2D eigenvalue weighted by molar-refractivity contribution is 0.222. The molecule has 1 unspecified atom stereocenters. The number of hydrogen-bond acceptors (Lipinski definition) is 4. The predicted molar refractivity (Wildman–Crippen MR) is 69.5 cm³/mol. The summed E-state index contributed by atoms with van der Waals surface area (Å²) in [7, 11) is 3.61. The molecule has 1 fully saturated rings. The van der Waals surface area contributed by atoms with E-state index in [1.165, 1.54) is 13.5 Å². The normalized spacial score (nSPS) is 19.7.